The molecule has 0 bridgehead atoms. The van der Waals surface area contributed by atoms with Crippen molar-refractivity contribution in [2.45, 2.75) is 13.5 Å². The molecule has 2 aromatic carbocycles. The molecule has 0 spiro atoms. The average Bonchev–Trinajstić information content (AvgIpc) is 3.19. The van der Waals surface area contributed by atoms with E-state index in [1.165, 1.54) is 15.9 Å². The van der Waals surface area contributed by atoms with Crippen LogP contribution in [-0.2, 0) is 11.3 Å². The number of benzene rings is 2. The highest BCUT2D eigenvalue weighted by Crippen LogP contribution is 2.21. The third-order valence-electron chi connectivity index (χ3n) is 4.54. The van der Waals surface area contributed by atoms with E-state index in [0.29, 0.717) is 26.6 Å². The molecule has 4 aromatic rings. The van der Waals surface area contributed by atoms with Crippen molar-refractivity contribution in [2.24, 2.45) is 0 Å². The summed E-state index contributed by atoms with van der Waals surface area (Å²) in [6, 6.07) is 15.5. The number of hydrogen-bond donors (Lipinski definition) is 1. The lowest BCUT2D eigenvalue weighted by atomic mass is 10.2. The van der Waals surface area contributed by atoms with Gasteiger partial charge in [-0.25, -0.2) is 9.36 Å². The number of aryl methyl sites for hydroxylation is 1. The fourth-order valence-electron chi connectivity index (χ4n) is 3.11. The van der Waals surface area contributed by atoms with Crippen molar-refractivity contribution in [1.82, 2.24) is 9.13 Å². The highest BCUT2D eigenvalue weighted by Gasteiger charge is 2.17. The predicted molar refractivity (Wildman–Crippen MR) is 117 cm³/mol. The molecule has 0 aliphatic heterocycles. The Bertz CT molecular complexity index is 1340. The quantitative estimate of drug-likeness (QED) is 0.540. The van der Waals surface area contributed by atoms with Gasteiger partial charge in [-0.3, -0.25) is 14.2 Å². The minimum Gasteiger partial charge on any atom is -0.324 e. The topological polar surface area (TPSA) is 73.1 Å². The third-order valence-corrected chi connectivity index (χ3v) is 5.67. The zero-order valence-corrected chi connectivity index (χ0v) is 17.0. The van der Waals surface area contributed by atoms with Gasteiger partial charge in [-0.15, -0.1) is 11.3 Å². The standard InChI is InChI=1S/C21H16ClN3O3S/c1-13-7-8-14(22)11-16(13)23-18(26)12-24-17-9-10-29-19(17)20(27)25(21(24)28)15-5-3-2-4-6-15/h2-11H,12H2,1H3,(H,23,26). The molecule has 8 heteroatoms. The molecule has 29 heavy (non-hydrogen) atoms. The van der Waals surface area contributed by atoms with Gasteiger partial charge in [-0.1, -0.05) is 35.9 Å². The van der Waals surface area contributed by atoms with Crippen LogP contribution in [-0.4, -0.2) is 15.0 Å². The van der Waals surface area contributed by atoms with Crippen LogP contribution in [0, 0.1) is 6.92 Å². The molecule has 0 saturated carbocycles. The lowest BCUT2D eigenvalue weighted by Crippen LogP contribution is -2.40. The first-order chi connectivity index (χ1) is 14.0. The van der Waals surface area contributed by atoms with Crippen molar-refractivity contribution < 1.29 is 4.79 Å². The summed E-state index contributed by atoms with van der Waals surface area (Å²) in [5.41, 5.74) is 1.37. The van der Waals surface area contributed by atoms with Crippen LogP contribution >= 0.6 is 22.9 Å². The maximum absolute atomic E-state index is 13.1. The van der Waals surface area contributed by atoms with Gasteiger partial charge in [0.1, 0.15) is 11.2 Å². The second kappa shape index (κ2) is 7.69. The van der Waals surface area contributed by atoms with Gasteiger partial charge in [0.15, 0.2) is 0 Å². The fourth-order valence-corrected chi connectivity index (χ4v) is 4.10. The van der Waals surface area contributed by atoms with E-state index in [2.05, 4.69) is 5.32 Å². The lowest BCUT2D eigenvalue weighted by molar-refractivity contribution is -0.116. The number of halogens is 1. The number of nitrogens with one attached hydrogen (secondary N) is 1. The molecule has 0 atom stereocenters. The smallest absolute Gasteiger partial charge is 0.324 e. The Morgan fingerprint density at radius 2 is 1.86 bits per heavy atom. The monoisotopic (exact) mass is 425 g/mol. The van der Waals surface area contributed by atoms with Gasteiger partial charge < -0.3 is 5.32 Å². The van der Waals surface area contributed by atoms with Crippen LogP contribution < -0.4 is 16.6 Å². The minimum absolute atomic E-state index is 0.231. The van der Waals surface area contributed by atoms with E-state index in [9.17, 15) is 14.4 Å². The largest absolute Gasteiger partial charge is 0.336 e. The first kappa shape index (κ1) is 19.2. The summed E-state index contributed by atoms with van der Waals surface area (Å²) < 4.78 is 2.83. The van der Waals surface area contributed by atoms with E-state index >= 15 is 0 Å². The highest BCUT2D eigenvalue weighted by atomic mass is 35.5. The number of thiophene rings is 1. The summed E-state index contributed by atoms with van der Waals surface area (Å²) in [7, 11) is 0. The molecule has 2 heterocycles. The van der Waals surface area contributed by atoms with E-state index in [0.717, 1.165) is 10.1 Å². The number of hydrogen-bond acceptors (Lipinski definition) is 4. The van der Waals surface area contributed by atoms with Crippen LogP contribution in [0.2, 0.25) is 5.02 Å². The van der Waals surface area contributed by atoms with Crippen LogP contribution in [0.5, 0.6) is 0 Å². The van der Waals surface area contributed by atoms with Gasteiger partial charge in [0.2, 0.25) is 5.91 Å². The Balaban J connectivity index is 1.79. The number of fused-ring (bicyclic) bond motifs is 1. The SMILES string of the molecule is Cc1ccc(Cl)cc1NC(=O)Cn1c(=O)n(-c2ccccc2)c(=O)c2sccc21. The second-order valence-electron chi connectivity index (χ2n) is 6.49. The molecule has 0 aliphatic rings. The number of rotatable bonds is 4. The molecule has 146 valence electrons. The Kier molecular flexibility index (Phi) is 5.08. The number of aromatic nitrogens is 2. The molecular weight excluding hydrogens is 410 g/mol. The molecule has 0 saturated heterocycles. The summed E-state index contributed by atoms with van der Waals surface area (Å²) in [5.74, 6) is -0.386. The number of para-hydroxylation sites is 1. The average molecular weight is 426 g/mol. The number of amides is 1. The van der Waals surface area contributed by atoms with Gasteiger partial charge in [0, 0.05) is 10.7 Å². The van der Waals surface area contributed by atoms with Crippen molar-refractivity contribution in [1.29, 1.82) is 0 Å². The normalized spacial score (nSPS) is 11.0. The zero-order chi connectivity index (χ0) is 20.5. The van der Waals surface area contributed by atoms with Gasteiger partial charge in [0.05, 0.1) is 11.2 Å². The maximum Gasteiger partial charge on any atom is 0.336 e. The van der Waals surface area contributed by atoms with Crippen LogP contribution in [0.3, 0.4) is 0 Å². The fraction of sp³-hybridized carbons (Fsp3) is 0.0952. The number of carbonyl (C=O) groups excluding carboxylic acids is 1. The Labute approximate surface area is 174 Å². The summed E-state index contributed by atoms with van der Waals surface area (Å²) in [6.45, 7) is 1.62. The summed E-state index contributed by atoms with van der Waals surface area (Å²) >= 11 is 7.25. The molecular formula is C21H16ClN3O3S. The Morgan fingerprint density at radius 3 is 2.62 bits per heavy atom. The van der Waals surface area contributed by atoms with Crippen molar-refractivity contribution in [3.63, 3.8) is 0 Å². The number of nitrogens with zero attached hydrogens (tertiary/aromatic N) is 2. The van der Waals surface area contributed by atoms with Crippen molar-refractivity contribution in [2.75, 3.05) is 5.32 Å². The molecule has 1 amide bonds. The Hall–Kier alpha value is -3.16. The van der Waals surface area contributed by atoms with Gasteiger partial charge in [-0.2, -0.15) is 0 Å². The minimum atomic E-state index is -0.565. The van der Waals surface area contributed by atoms with Crippen molar-refractivity contribution >= 4 is 44.7 Å². The first-order valence-corrected chi connectivity index (χ1v) is 10.1. The van der Waals surface area contributed by atoms with E-state index in [-0.39, 0.29) is 12.5 Å². The number of carbonyl (C=O) groups is 1. The van der Waals surface area contributed by atoms with Gasteiger partial charge >= 0.3 is 5.69 Å². The van der Waals surface area contributed by atoms with Gasteiger partial charge in [0.25, 0.3) is 5.56 Å². The predicted octanol–water partition coefficient (Wildman–Crippen LogP) is 3.81. The number of anilines is 1. The van der Waals surface area contributed by atoms with Crippen LogP contribution in [0.4, 0.5) is 5.69 Å². The molecule has 6 nitrogen and oxygen atoms in total. The molecule has 0 aliphatic carbocycles. The maximum atomic E-state index is 13.1. The zero-order valence-electron chi connectivity index (χ0n) is 15.4. The van der Waals surface area contributed by atoms with Crippen LogP contribution in [0.25, 0.3) is 15.9 Å². The van der Waals surface area contributed by atoms with Gasteiger partial charge in [-0.05, 0) is 48.2 Å². The molecule has 2 aromatic heterocycles. The second-order valence-corrected chi connectivity index (χ2v) is 7.84. The molecule has 4 rings (SSSR count). The molecule has 1 N–H and O–H groups in total. The highest BCUT2D eigenvalue weighted by molar-refractivity contribution is 7.17. The van der Waals surface area contributed by atoms with E-state index in [1.54, 1.807) is 60.0 Å². The summed E-state index contributed by atoms with van der Waals surface area (Å²) in [6.07, 6.45) is 0. The Morgan fingerprint density at radius 1 is 1.10 bits per heavy atom. The summed E-state index contributed by atoms with van der Waals surface area (Å²) in [4.78, 5) is 38.7. The van der Waals surface area contributed by atoms with Crippen LogP contribution in [0.1, 0.15) is 5.56 Å². The van der Waals surface area contributed by atoms with E-state index in [4.69, 9.17) is 11.6 Å². The van der Waals surface area contributed by atoms with Crippen molar-refractivity contribution in [3.8, 4) is 5.69 Å². The molecule has 0 unspecified atom stereocenters. The van der Waals surface area contributed by atoms with E-state index < -0.39 is 11.2 Å². The summed E-state index contributed by atoms with van der Waals surface area (Å²) in [5, 5.41) is 5.02. The first-order valence-electron chi connectivity index (χ1n) is 8.80. The van der Waals surface area contributed by atoms with E-state index in [1.807, 2.05) is 6.92 Å². The lowest BCUT2D eigenvalue weighted by Gasteiger charge is -2.13. The van der Waals surface area contributed by atoms with Crippen molar-refractivity contribution in [3.05, 3.63) is 91.4 Å². The molecule has 0 radical (unpaired) electrons. The third kappa shape index (κ3) is 3.62. The van der Waals surface area contributed by atoms with Crippen LogP contribution in [0.15, 0.2) is 69.6 Å². The molecule has 0 fully saturated rings.